The predicted octanol–water partition coefficient (Wildman–Crippen LogP) is 2.75. The second-order valence-electron chi connectivity index (χ2n) is 2.28. The Morgan fingerprint density at radius 3 is 2.50 bits per heavy atom. The van der Waals surface area contributed by atoms with Crippen molar-refractivity contribution in [2.75, 3.05) is 5.75 Å². The highest BCUT2D eigenvalue weighted by molar-refractivity contribution is 7.99. The molecule has 1 aromatic heterocycles. The average molecular weight is 226 g/mol. The van der Waals surface area contributed by atoms with Gasteiger partial charge in [0.05, 0.1) is 4.90 Å². The molecule has 0 N–H and O–H groups in total. The summed E-state index contributed by atoms with van der Waals surface area (Å²) in [6.07, 6.45) is -3.85. The highest BCUT2D eigenvalue weighted by Crippen LogP contribution is 2.27. The summed E-state index contributed by atoms with van der Waals surface area (Å²) in [5, 5.41) is 0. The SMILES string of the molecule is CCSc1cnc(C(F)(F)F)nc1F. The maximum absolute atomic E-state index is 12.9. The van der Waals surface area contributed by atoms with Crippen LogP contribution in [0.1, 0.15) is 12.7 Å². The first-order valence-electron chi connectivity index (χ1n) is 3.67. The first-order chi connectivity index (χ1) is 6.45. The van der Waals surface area contributed by atoms with Crippen LogP contribution in [0, 0.1) is 5.95 Å². The molecule has 1 heterocycles. The fourth-order valence-corrected chi connectivity index (χ4v) is 1.34. The Morgan fingerprint density at radius 1 is 1.43 bits per heavy atom. The number of hydrogen-bond acceptors (Lipinski definition) is 3. The Kier molecular flexibility index (Phi) is 3.30. The molecule has 0 fully saturated rings. The normalized spacial score (nSPS) is 11.8. The van der Waals surface area contributed by atoms with Crippen molar-refractivity contribution in [3.8, 4) is 0 Å². The van der Waals surface area contributed by atoms with Crippen molar-refractivity contribution >= 4 is 11.8 Å². The first kappa shape index (κ1) is 11.2. The minimum Gasteiger partial charge on any atom is -0.232 e. The number of thioether (sulfide) groups is 1. The number of aromatic nitrogens is 2. The van der Waals surface area contributed by atoms with Gasteiger partial charge in [-0.15, -0.1) is 11.8 Å². The molecule has 0 spiro atoms. The quantitative estimate of drug-likeness (QED) is 0.440. The molecule has 0 aliphatic heterocycles. The van der Waals surface area contributed by atoms with E-state index in [2.05, 4.69) is 9.97 Å². The molecule has 2 nitrogen and oxygen atoms in total. The number of halogens is 4. The lowest BCUT2D eigenvalue weighted by Gasteiger charge is -2.05. The van der Waals surface area contributed by atoms with Crippen molar-refractivity contribution in [2.45, 2.75) is 18.0 Å². The molecule has 0 unspecified atom stereocenters. The van der Waals surface area contributed by atoms with E-state index in [1.54, 1.807) is 6.92 Å². The van der Waals surface area contributed by atoms with E-state index >= 15 is 0 Å². The van der Waals surface area contributed by atoms with Crippen LogP contribution in [0.15, 0.2) is 11.1 Å². The van der Waals surface area contributed by atoms with Crippen LogP contribution in [0.3, 0.4) is 0 Å². The Balaban J connectivity index is 3.01. The molecule has 7 heteroatoms. The second-order valence-corrected chi connectivity index (χ2v) is 3.59. The van der Waals surface area contributed by atoms with Gasteiger partial charge in [-0.05, 0) is 5.75 Å². The molecule has 0 aliphatic rings. The zero-order chi connectivity index (χ0) is 10.8. The highest BCUT2D eigenvalue weighted by Gasteiger charge is 2.35. The van der Waals surface area contributed by atoms with Crippen LogP contribution in [-0.2, 0) is 6.18 Å². The van der Waals surface area contributed by atoms with Crippen molar-refractivity contribution in [3.05, 3.63) is 18.0 Å². The van der Waals surface area contributed by atoms with Crippen molar-refractivity contribution < 1.29 is 17.6 Å². The first-order valence-corrected chi connectivity index (χ1v) is 4.66. The molecule has 0 bridgehead atoms. The molecule has 0 atom stereocenters. The number of hydrogen-bond donors (Lipinski definition) is 0. The van der Waals surface area contributed by atoms with E-state index in [1.165, 1.54) is 0 Å². The molecule has 0 saturated carbocycles. The van der Waals surface area contributed by atoms with Crippen molar-refractivity contribution in [1.82, 2.24) is 9.97 Å². The minimum atomic E-state index is -4.70. The molecular weight excluding hydrogens is 220 g/mol. The van der Waals surface area contributed by atoms with E-state index in [4.69, 9.17) is 0 Å². The molecule has 0 aromatic carbocycles. The number of nitrogens with zero attached hydrogens (tertiary/aromatic N) is 2. The molecule has 1 aromatic rings. The summed E-state index contributed by atoms with van der Waals surface area (Å²) in [6, 6.07) is 0. The van der Waals surface area contributed by atoms with E-state index < -0.39 is 17.9 Å². The fraction of sp³-hybridized carbons (Fsp3) is 0.429. The van der Waals surface area contributed by atoms with Gasteiger partial charge < -0.3 is 0 Å². The van der Waals surface area contributed by atoms with Gasteiger partial charge in [0.25, 0.3) is 0 Å². The zero-order valence-corrected chi connectivity index (χ0v) is 7.92. The Bertz CT molecular complexity index is 326. The van der Waals surface area contributed by atoms with Gasteiger partial charge in [-0.2, -0.15) is 22.5 Å². The predicted molar refractivity (Wildman–Crippen MR) is 43.4 cm³/mol. The van der Waals surface area contributed by atoms with Crippen molar-refractivity contribution in [1.29, 1.82) is 0 Å². The molecule has 0 aliphatic carbocycles. The maximum Gasteiger partial charge on any atom is 0.451 e. The lowest BCUT2D eigenvalue weighted by atomic mass is 10.5. The molecule has 0 radical (unpaired) electrons. The lowest BCUT2D eigenvalue weighted by Crippen LogP contribution is -2.12. The number of alkyl halides is 3. The topological polar surface area (TPSA) is 25.8 Å². The van der Waals surface area contributed by atoms with Gasteiger partial charge in [0, 0.05) is 6.20 Å². The van der Waals surface area contributed by atoms with Crippen molar-refractivity contribution in [3.63, 3.8) is 0 Å². The molecule has 1 rings (SSSR count). The standard InChI is InChI=1S/C7H6F4N2S/c1-2-14-4-3-12-6(7(9,10)11)13-5(4)8/h3H,2H2,1H3. The van der Waals surface area contributed by atoms with Crippen LogP contribution >= 0.6 is 11.8 Å². The number of rotatable bonds is 2. The van der Waals surface area contributed by atoms with Crippen molar-refractivity contribution in [2.24, 2.45) is 0 Å². The molecule has 0 amide bonds. The Morgan fingerprint density at radius 2 is 2.07 bits per heavy atom. The third-order valence-electron chi connectivity index (χ3n) is 1.26. The smallest absolute Gasteiger partial charge is 0.232 e. The summed E-state index contributed by atoms with van der Waals surface area (Å²) in [7, 11) is 0. The summed E-state index contributed by atoms with van der Waals surface area (Å²) in [5.74, 6) is -2.03. The molecular formula is C7H6F4N2S. The van der Waals surface area contributed by atoms with Gasteiger partial charge in [-0.3, -0.25) is 0 Å². The van der Waals surface area contributed by atoms with E-state index in [0.717, 1.165) is 18.0 Å². The Labute approximate surface area is 81.8 Å². The van der Waals surface area contributed by atoms with Gasteiger partial charge in [0.15, 0.2) is 0 Å². The van der Waals surface area contributed by atoms with Crippen LogP contribution in [0.5, 0.6) is 0 Å². The van der Waals surface area contributed by atoms with Crippen LogP contribution in [0.4, 0.5) is 17.6 Å². The third kappa shape index (κ3) is 2.57. The molecule has 78 valence electrons. The Hall–Kier alpha value is -0.850. The summed E-state index contributed by atoms with van der Waals surface area (Å²) < 4.78 is 48.9. The zero-order valence-electron chi connectivity index (χ0n) is 7.10. The van der Waals surface area contributed by atoms with E-state index in [9.17, 15) is 17.6 Å². The monoisotopic (exact) mass is 226 g/mol. The highest BCUT2D eigenvalue weighted by atomic mass is 32.2. The average Bonchev–Trinajstić information content (AvgIpc) is 2.07. The summed E-state index contributed by atoms with van der Waals surface area (Å²) in [6.45, 7) is 1.75. The van der Waals surface area contributed by atoms with Crippen LogP contribution in [0.25, 0.3) is 0 Å². The van der Waals surface area contributed by atoms with E-state index in [0.29, 0.717) is 5.75 Å². The molecule has 0 saturated heterocycles. The summed E-state index contributed by atoms with van der Waals surface area (Å²) >= 11 is 1.05. The largest absolute Gasteiger partial charge is 0.451 e. The minimum absolute atomic E-state index is 0.0282. The maximum atomic E-state index is 12.9. The van der Waals surface area contributed by atoms with Gasteiger partial charge in [0.1, 0.15) is 0 Å². The van der Waals surface area contributed by atoms with Gasteiger partial charge in [-0.25, -0.2) is 4.98 Å². The third-order valence-corrected chi connectivity index (χ3v) is 2.14. The second kappa shape index (κ2) is 4.12. The van der Waals surface area contributed by atoms with Crippen LogP contribution in [0.2, 0.25) is 0 Å². The van der Waals surface area contributed by atoms with Gasteiger partial charge in [-0.1, -0.05) is 6.92 Å². The summed E-state index contributed by atoms with van der Waals surface area (Å²) in [5.41, 5.74) is 0. The fourth-order valence-electron chi connectivity index (χ4n) is 0.739. The molecule has 14 heavy (non-hydrogen) atoms. The van der Waals surface area contributed by atoms with E-state index in [1.807, 2.05) is 0 Å². The van der Waals surface area contributed by atoms with Crippen LogP contribution in [-0.4, -0.2) is 15.7 Å². The van der Waals surface area contributed by atoms with Gasteiger partial charge in [0.2, 0.25) is 11.8 Å². The van der Waals surface area contributed by atoms with Crippen LogP contribution < -0.4 is 0 Å². The lowest BCUT2D eigenvalue weighted by molar-refractivity contribution is -0.145. The summed E-state index contributed by atoms with van der Waals surface area (Å²) in [4.78, 5) is 5.80. The van der Waals surface area contributed by atoms with E-state index in [-0.39, 0.29) is 4.90 Å². The van der Waals surface area contributed by atoms with Gasteiger partial charge >= 0.3 is 6.18 Å².